The molecule has 0 fully saturated rings. The van der Waals surface area contributed by atoms with E-state index in [2.05, 4.69) is 9.97 Å². The maximum absolute atomic E-state index is 13.9. The summed E-state index contributed by atoms with van der Waals surface area (Å²) in [4.78, 5) is 22.7. The van der Waals surface area contributed by atoms with Crippen LogP contribution in [0.5, 0.6) is 40.4 Å². The Morgan fingerprint density at radius 1 is 0.767 bits per heavy atom. The summed E-state index contributed by atoms with van der Waals surface area (Å²) < 4.78 is 45.5. The van der Waals surface area contributed by atoms with Crippen molar-refractivity contribution < 1.29 is 37.6 Å². The zero-order valence-corrected chi connectivity index (χ0v) is 24.9. The number of hydrogen-bond donors (Lipinski definition) is 0. The Hall–Kier alpha value is -4.90. The normalized spacial score (nSPS) is 10.9. The topological polar surface area (TPSA) is 121 Å². The summed E-state index contributed by atoms with van der Waals surface area (Å²) in [5.41, 5.74) is 1.61. The Morgan fingerprint density at radius 3 is 2.16 bits per heavy atom. The molecule has 11 nitrogen and oxygen atoms in total. The standard InChI is InChI=1S/C31H29ClN2O9/c1-36-19-14-22(37-2)27-23(15-19)43-29(17-11-24(38-3)30(40-5)25(12-17)39-4)31(28(27)35)42-10-6-9-41-26-16-33-21-13-18(32)7-8-20(21)34-26/h7-8,11-16H,6,9-10H2,1-5H3. The predicted molar refractivity (Wildman–Crippen MR) is 161 cm³/mol. The van der Waals surface area contributed by atoms with Crippen LogP contribution in [0.3, 0.4) is 0 Å². The van der Waals surface area contributed by atoms with E-state index in [0.29, 0.717) is 56.9 Å². The maximum atomic E-state index is 13.9. The van der Waals surface area contributed by atoms with Gasteiger partial charge in [-0.3, -0.25) is 4.79 Å². The van der Waals surface area contributed by atoms with Gasteiger partial charge < -0.3 is 37.6 Å². The second-order valence-electron chi connectivity index (χ2n) is 9.10. The molecule has 0 spiro atoms. The average Bonchev–Trinajstić information content (AvgIpc) is 3.03. The van der Waals surface area contributed by atoms with Gasteiger partial charge in [0.25, 0.3) is 0 Å². The van der Waals surface area contributed by atoms with Gasteiger partial charge in [0.05, 0.1) is 66.0 Å². The molecular weight excluding hydrogens is 580 g/mol. The maximum Gasteiger partial charge on any atom is 0.239 e. The molecule has 3 aromatic carbocycles. The van der Waals surface area contributed by atoms with Crippen LogP contribution in [0.15, 0.2) is 57.9 Å². The van der Waals surface area contributed by atoms with Crippen LogP contribution in [-0.2, 0) is 0 Å². The molecule has 0 saturated heterocycles. The van der Waals surface area contributed by atoms with E-state index < -0.39 is 5.43 Å². The van der Waals surface area contributed by atoms with E-state index in [1.807, 2.05) is 0 Å². The van der Waals surface area contributed by atoms with E-state index in [1.54, 1.807) is 42.5 Å². The quantitative estimate of drug-likeness (QED) is 0.156. The number of hydrogen-bond acceptors (Lipinski definition) is 11. The summed E-state index contributed by atoms with van der Waals surface area (Å²) in [5, 5.41) is 0.783. The minimum atomic E-state index is -0.426. The van der Waals surface area contributed by atoms with E-state index in [-0.39, 0.29) is 41.4 Å². The molecule has 5 rings (SSSR count). The second kappa shape index (κ2) is 13.0. The molecule has 0 radical (unpaired) electrons. The molecule has 2 heterocycles. The average molecular weight is 609 g/mol. The van der Waals surface area contributed by atoms with Gasteiger partial charge in [0, 0.05) is 29.1 Å². The highest BCUT2D eigenvalue weighted by molar-refractivity contribution is 6.31. The van der Waals surface area contributed by atoms with Crippen molar-refractivity contribution in [2.75, 3.05) is 48.8 Å². The van der Waals surface area contributed by atoms with E-state index >= 15 is 0 Å². The summed E-state index contributed by atoms with van der Waals surface area (Å²) in [6, 6.07) is 11.8. The van der Waals surface area contributed by atoms with Crippen LogP contribution in [0.1, 0.15) is 6.42 Å². The Morgan fingerprint density at radius 2 is 1.49 bits per heavy atom. The molecule has 0 aliphatic rings. The van der Waals surface area contributed by atoms with E-state index in [1.165, 1.54) is 41.7 Å². The number of aromatic nitrogens is 2. The lowest BCUT2D eigenvalue weighted by atomic mass is 10.1. The monoisotopic (exact) mass is 608 g/mol. The van der Waals surface area contributed by atoms with Gasteiger partial charge in [-0.15, -0.1) is 0 Å². The van der Waals surface area contributed by atoms with Crippen molar-refractivity contribution in [2.24, 2.45) is 0 Å². The third-order valence-corrected chi connectivity index (χ3v) is 6.78. The lowest BCUT2D eigenvalue weighted by Gasteiger charge is -2.17. The van der Waals surface area contributed by atoms with Gasteiger partial charge in [-0.1, -0.05) is 11.6 Å². The van der Waals surface area contributed by atoms with Gasteiger partial charge >= 0.3 is 0 Å². The van der Waals surface area contributed by atoms with Crippen molar-refractivity contribution in [3.63, 3.8) is 0 Å². The highest BCUT2D eigenvalue weighted by Gasteiger charge is 2.24. The van der Waals surface area contributed by atoms with Crippen LogP contribution in [0.25, 0.3) is 33.3 Å². The zero-order valence-electron chi connectivity index (χ0n) is 24.2. The summed E-state index contributed by atoms with van der Waals surface area (Å²) in [6.07, 6.45) is 1.95. The second-order valence-corrected chi connectivity index (χ2v) is 9.53. The number of nitrogens with zero attached hydrogens (tertiary/aromatic N) is 2. The molecule has 0 unspecified atom stereocenters. The van der Waals surface area contributed by atoms with E-state index in [4.69, 9.17) is 49.2 Å². The highest BCUT2D eigenvalue weighted by atomic mass is 35.5. The van der Waals surface area contributed by atoms with Gasteiger partial charge in [0.2, 0.25) is 22.8 Å². The van der Waals surface area contributed by atoms with Crippen molar-refractivity contribution in [3.8, 4) is 51.7 Å². The highest BCUT2D eigenvalue weighted by Crippen LogP contribution is 2.44. The smallest absolute Gasteiger partial charge is 0.239 e. The number of benzene rings is 3. The van der Waals surface area contributed by atoms with Crippen LogP contribution in [0, 0.1) is 0 Å². The van der Waals surface area contributed by atoms with Crippen LogP contribution in [0.2, 0.25) is 5.02 Å². The van der Waals surface area contributed by atoms with Crippen LogP contribution < -0.4 is 38.6 Å². The van der Waals surface area contributed by atoms with Gasteiger partial charge in [-0.2, -0.15) is 0 Å². The minimum Gasteiger partial charge on any atom is -0.496 e. The van der Waals surface area contributed by atoms with Crippen LogP contribution in [0.4, 0.5) is 0 Å². The third kappa shape index (κ3) is 6.02. The first-order chi connectivity index (χ1) is 20.9. The number of fused-ring (bicyclic) bond motifs is 2. The zero-order chi connectivity index (χ0) is 30.5. The van der Waals surface area contributed by atoms with Crippen molar-refractivity contribution in [3.05, 3.63) is 63.9 Å². The van der Waals surface area contributed by atoms with Crippen LogP contribution in [-0.4, -0.2) is 58.7 Å². The Bertz CT molecular complexity index is 1820. The summed E-state index contributed by atoms with van der Waals surface area (Å²) >= 11 is 6.02. The van der Waals surface area contributed by atoms with Gasteiger partial charge in [-0.25, -0.2) is 9.97 Å². The summed E-state index contributed by atoms with van der Waals surface area (Å²) in [6.45, 7) is 0.384. The fourth-order valence-corrected chi connectivity index (χ4v) is 4.67. The Balaban J connectivity index is 1.47. The van der Waals surface area contributed by atoms with Crippen molar-refractivity contribution in [2.45, 2.75) is 6.42 Å². The first-order valence-electron chi connectivity index (χ1n) is 13.1. The summed E-state index contributed by atoms with van der Waals surface area (Å²) in [7, 11) is 7.48. The molecule has 2 aromatic heterocycles. The van der Waals surface area contributed by atoms with Gasteiger partial charge in [0.1, 0.15) is 22.5 Å². The van der Waals surface area contributed by atoms with Gasteiger partial charge in [0.15, 0.2) is 17.3 Å². The fourth-order valence-electron chi connectivity index (χ4n) is 4.50. The molecule has 43 heavy (non-hydrogen) atoms. The molecule has 0 atom stereocenters. The largest absolute Gasteiger partial charge is 0.496 e. The first kappa shape index (κ1) is 29.6. The molecule has 0 N–H and O–H groups in total. The van der Waals surface area contributed by atoms with Crippen LogP contribution >= 0.6 is 11.6 Å². The Labute approximate surface area is 251 Å². The van der Waals surface area contributed by atoms with E-state index in [9.17, 15) is 4.79 Å². The molecule has 0 aliphatic carbocycles. The lowest BCUT2D eigenvalue weighted by molar-refractivity contribution is 0.239. The number of halogens is 1. The number of ether oxygens (including phenoxy) is 7. The number of rotatable bonds is 12. The molecule has 224 valence electrons. The molecular formula is C31H29ClN2O9. The Kier molecular flexibility index (Phi) is 8.91. The minimum absolute atomic E-state index is 0.0207. The lowest BCUT2D eigenvalue weighted by Crippen LogP contribution is -2.14. The molecule has 12 heteroatoms. The van der Waals surface area contributed by atoms with Crippen molar-refractivity contribution in [1.29, 1.82) is 0 Å². The third-order valence-electron chi connectivity index (χ3n) is 6.54. The molecule has 0 amide bonds. The molecule has 0 bridgehead atoms. The SMILES string of the molecule is COc1cc(OC)c2c(=O)c(OCCCOc3cnc4cc(Cl)ccc4n3)c(-c3cc(OC)c(OC)c(OC)c3)oc2c1. The van der Waals surface area contributed by atoms with Crippen molar-refractivity contribution >= 4 is 33.6 Å². The van der Waals surface area contributed by atoms with E-state index in [0.717, 1.165) is 0 Å². The predicted octanol–water partition coefficient (Wildman–Crippen LogP) is 5.95. The fraction of sp³-hybridized carbons (Fsp3) is 0.258. The summed E-state index contributed by atoms with van der Waals surface area (Å²) in [5.74, 6) is 2.37. The molecule has 0 aliphatic heterocycles. The van der Waals surface area contributed by atoms with Gasteiger partial charge in [-0.05, 0) is 30.3 Å². The van der Waals surface area contributed by atoms with Crippen molar-refractivity contribution in [1.82, 2.24) is 9.97 Å². The molecule has 0 saturated carbocycles. The number of methoxy groups -OCH3 is 5. The first-order valence-corrected chi connectivity index (χ1v) is 13.5. The molecule has 5 aromatic rings.